The Labute approximate surface area is 353 Å². The maximum Gasteiger partial charge on any atom is 0.297 e. The van der Waals surface area contributed by atoms with Gasteiger partial charge in [-0.2, -0.15) is 8.42 Å². The lowest BCUT2D eigenvalue weighted by molar-refractivity contribution is -0.138. The second-order valence-corrected chi connectivity index (χ2v) is 16.5. The molecule has 4 atom stereocenters. The first-order valence-corrected chi connectivity index (χ1v) is 20.5. The average Bonchev–Trinajstić information content (AvgIpc) is 3.74. The number of aryl methyl sites for hydroxylation is 1. The molecule has 0 saturated carbocycles. The van der Waals surface area contributed by atoms with E-state index >= 15 is 0 Å². The number of amides is 2. The van der Waals surface area contributed by atoms with E-state index in [1.807, 2.05) is 37.3 Å². The number of ketones is 2. The van der Waals surface area contributed by atoms with E-state index in [0.29, 0.717) is 23.1 Å². The highest BCUT2D eigenvalue weighted by Crippen LogP contribution is 2.36. The maximum absolute atomic E-state index is 13.7. The van der Waals surface area contributed by atoms with E-state index in [4.69, 9.17) is 32.9 Å². The fourth-order valence-electron chi connectivity index (χ4n) is 6.94. The highest BCUT2D eigenvalue weighted by molar-refractivity contribution is 7.86. The van der Waals surface area contributed by atoms with Crippen molar-refractivity contribution in [3.8, 4) is 0 Å². The zero-order valence-corrected chi connectivity index (χ0v) is 34.0. The van der Waals surface area contributed by atoms with E-state index in [9.17, 15) is 36.4 Å². The molecule has 12 nitrogen and oxygen atoms in total. The third-order valence-electron chi connectivity index (χ3n) is 9.92. The van der Waals surface area contributed by atoms with Gasteiger partial charge in [0.2, 0.25) is 11.6 Å². The van der Waals surface area contributed by atoms with Crippen molar-refractivity contribution in [3.05, 3.63) is 180 Å². The van der Waals surface area contributed by atoms with Crippen molar-refractivity contribution in [3.63, 3.8) is 0 Å². The van der Waals surface area contributed by atoms with E-state index in [1.54, 1.807) is 30.3 Å². The second-order valence-electron chi connectivity index (χ2n) is 14.1. The molecule has 0 saturated heterocycles. The number of nitrogens with one attached hydrogen (secondary N) is 2. The number of halogens is 4. The zero-order chi connectivity index (χ0) is 43.1. The fraction of sp³-hybridized carbons (Fsp3) is 0.209. The summed E-state index contributed by atoms with van der Waals surface area (Å²) in [5.41, 5.74) is 13.6. The Bertz CT molecular complexity index is 2640. The molecule has 0 heterocycles. The Morgan fingerprint density at radius 3 is 1.73 bits per heavy atom. The largest absolute Gasteiger partial charge is 0.342 e. The molecule has 2 aliphatic rings. The van der Waals surface area contributed by atoms with Crippen molar-refractivity contribution in [1.29, 1.82) is 0 Å². The summed E-state index contributed by atoms with van der Waals surface area (Å²) in [4.78, 5) is 52.6. The van der Waals surface area contributed by atoms with Crippen molar-refractivity contribution < 1.29 is 40.6 Å². The first kappa shape index (κ1) is 43.6. The van der Waals surface area contributed by atoms with E-state index in [-0.39, 0.29) is 34.2 Å². The summed E-state index contributed by atoms with van der Waals surface area (Å²) in [5.74, 6) is -4.57. The number of hydrogen-bond acceptors (Lipinski definition) is 8. The summed E-state index contributed by atoms with van der Waals surface area (Å²) < 4.78 is 58.4. The highest BCUT2D eigenvalue weighted by atomic mass is 35.5. The molecule has 0 aromatic heterocycles. The van der Waals surface area contributed by atoms with Crippen molar-refractivity contribution in [2.45, 2.75) is 61.7 Å². The number of nitrogens with zero attached hydrogens (tertiary/aromatic N) is 3. The zero-order valence-electron chi connectivity index (χ0n) is 31.6. The fourth-order valence-corrected chi connectivity index (χ4v) is 8.26. The van der Waals surface area contributed by atoms with E-state index in [0.717, 1.165) is 34.4 Å². The molecule has 2 amide bonds. The van der Waals surface area contributed by atoms with E-state index in [2.05, 4.69) is 20.7 Å². The molecule has 0 fully saturated rings. The Balaban J connectivity index is 0.000000209. The van der Waals surface area contributed by atoms with Gasteiger partial charge < -0.3 is 10.6 Å². The van der Waals surface area contributed by atoms with Crippen LogP contribution in [-0.2, 0) is 59.2 Å². The van der Waals surface area contributed by atoms with Crippen LogP contribution in [0, 0.1) is 18.6 Å². The molecule has 2 aliphatic carbocycles. The van der Waals surface area contributed by atoms with Gasteiger partial charge in [0, 0.05) is 24.2 Å². The molecule has 5 aromatic carbocycles. The predicted molar refractivity (Wildman–Crippen MR) is 218 cm³/mol. The van der Waals surface area contributed by atoms with Crippen molar-refractivity contribution in [2.24, 2.45) is 5.11 Å². The van der Waals surface area contributed by atoms with Crippen LogP contribution in [-0.4, -0.2) is 43.9 Å². The summed E-state index contributed by atoms with van der Waals surface area (Å²) in [7, 11) is -4.11. The number of Topliss-reactive ketones (excluding diaryl/α,β-unsaturated/α-hetero) is 2. The van der Waals surface area contributed by atoms with Gasteiger partial charge >= 0.3 is 0 Å². The molecule has 0 bridgehead atoms. The lowest BCUT2D eigenvalue weighted by Gasteiger charge is -2.22. The van der Waals surface area contributed by atoms with Crippen molar-refractivity contribution >= 4 is 56.7 Å². The van der Waals surface area contributed by atoms with Crippen LogP contribution in [0.5, 0.6) is 0 Å². The third kappa shape index (κ3) is 10.4. The van der Waals surface area contributed by atoms with E-state index in [1.165, 1.54) is 36.4 Å². The minimum Gasteiger partial charge on any atom is -0.342 e. The molecule has 17 heteroatoms. The standard InChI is InChI=1S/C25H21ClFNO5S.C18H14ClFN4O2/c1-15-6-9-18(10-7-15)34(31,32)33-23-14-17-4-2-3-5-19(17)24(23)28-25(30)22(29)13-16-8-11-20(26)21(27)12-16;19-13-6-5-10(7-14(13)20)8-16(25)18(26)22-17-12-4-2-1-3-11(12)9-15(17)23-24-21/h2-12,23-24H,13-14H2,1H3,(H,28,30);1-7,15,17H,8-9H2,(H,22,26)/t23-,24+;15-,17-/m01/s1. The highest BCUT2D eigenvalue weighted by Gasteiger charge is 2.39. The van der Waals surface area contributed by atoms with Gasteiger partial charge in [-0.3, -0.25) is 23.4 Å². The summed E-state index contributed by atoms with van der Waals surface area (Å²) >= 11 is 11.3. The van der Waals surface area contributed by atoms with Crippen LogP contribution < -0.4 is 10.6 Å². The monoisotopic (exact) mass is 873 g/mol. The molecular formula is C43H35Cl2F2N5O7S. The molecule has 2 N–H and O–H groups in total. The minimum atomic E-state index is -4.11. The normalized spacial score (nSPS) is 17.6. The second kappa shape index (κ2) is 19.0. The third-order valence-corrected chi connectivity index (χ3v) is 11.9. The number of benzene rings is 5. The Morgan fingerprint density at radius 2 is 1.22 bits per heavy atom. The summed E-state index contributed by atoms with van der Waals surface area (Å²) in [5, 5.41) is 8.85. The van der Waals surface area contributed by atoms with Gasteiger partial charge in [-0.1, -0.05) is 107 Å². The number of carbonyl (C=O) groups is 4. The van der Waals surface area contributed by atoms with Gasteiger partial charge in [-0.25, -0.2) is 8.78 Å². The van der Waals surface area contributed by atoms with Crippen LogP contribution in [0.25, 0.3) is 10.4 Å². The molecule has 0 unspecified atom stereocenters. The average molecular weight is 875 g/mol. The molecule has 0 radical (unpaired) electrons. The minimum absolute atomic E-state index is 0.0000240. The number of hydrogen-bond donors (Lipinski definition) is 2. The Kier molecular flexibility index (Phi) is 13.8. The van der Waals surface area contributed by atoms with Gasteiger partial charge in [0.25, 0.3) is 21.9 Å². The van der Waals surface area contributed by atoms with Crippen LogP contribution in [0.2, 0.25) is 10.0 Å². The SMILES string of the molecule is Cc1ccc(S(=O)(=O)O[C@H]2Cc3ccccc3[C@H]2NC(=O)C(=O)Cc2ccc(Cl)c(F)c2)cc1.[N-]=[N+]=N[C@@H]1Cc2ccccc2[C@H]1NC(=O)C(=O)Cc1ccc(Cl)c(F)c1. The van der Waals surface area contributed by atoms with Crippen molar-refractivity contribution in [1.82, 2.24) is 10.6 Å². The van der Waals surface area contributed by atoms with Gasteiger partial charge in [-0.15, -0.1) is 0 Å². The molecule has 308 valence electrons. The number of rotatable bonds is 12. The number of fused-ring (bicyclic) bond motifs is 2. The lowest BCUT2D eigenvalue weighted by Crippen LogP contribution is -2.40. The van der Waals surface area contributed by atoms with E-state index < -0.39 is 69.4 Å². The van der Waals surface area contributed by atoms with Gasteiger partial charge in [0.15, 0.2) is 0 Å². The van der Waals surface area contributed by atoms with Crippen LogP contribution >= 0.6 is 23.2 Å². The van der Waals surface area contributed by atoms with Crippen LogP contribution in [0.3, 0.4) is 0 Å². The molecule has 7 rings (SSSR count). The van der Waals surface area contributed by atoms with Gasteiger partial charge in [0.05, 0.1) is 33.1 Å². The molecule has 0 spiro atoms. The van der Waals surface area contributed by atoms with Crippen molar-refractivity contribution in [2.75, 3.05) is 0 Å². The summed E-state index contributed by atoms with van der Waals surface area (Å²) in [6.07, 6.45) is -0.791. The molecular weight excluding hydrogens is 839 g/mol. The Morgan fingerprint density at radius 1 is 0.733 bits per heavy atom. The quantitative estimate of drug-likeness (QED) is 0.0422. The molecule has 5 aromatic rings. The lowest BCUT2D eigenvalue weighted by atomic mass is 10.1. The number of carbonyl (C=O) groups excluding carboxylic acids is 4. The molecule has 0 aliphatic heterocycles. The first-order valence-electron chi connectivity index (χ1n) is 18.4. The maximum atomic E-state index is 13.7. The smallest absolute Gasteiger partial charge is 0.297 e. The van der Waals surface area contributed by atoms with Crippen LogP contribution in [0.4, 0.5) is 8.78 Å². The van der Waals surface area contributed by atoms with Gasteiger partial charge in [0.1, 0.15) is 17.7 Å². The van der Waals surface area contributed by atoms with Crippen LogP contribution in [0.15, 0.2) is 119 Å². The summed E-state index contributed by atoms with van der Waals surface area (Å²) in [6.45, 7) is 1.84. The number of azide groups is 1. The topological polar surface area (TPSA) is 184 Å². The van der Waals surface area contributed by atoms with Gasteiger partial charge in [-0.05, 0) is 88.7 Å². The summed E-state index contributed by atoms with van der Waals surface area (Å²) in [6, 6.07) is 26.6. The van der Waals surface area contributed by atoms with Crippen LogP contribution in [0.1, 0.15) is 51.0 Å². The predicted octanol–water partition coefficient (Wildman–Crippen LogP) is 7.77. The molecule has 60 heavy (non-hydrogen) atoms. The Hall–Kier alpha value is -5.96. The first-order chi connectivity index (χ1) is 28.6.